The normalized spacial score (nSPS) is 12.8. The Balaban J connectivity index is 1.78. The van der Waals surface area contributed by atoms with Gasteiger partial charge in [0.05, 0.1) is 11.4 Å². The molecule has 1 aromatic carbocycles. The Hall–Kier alpha value is -2.17. The Bertz CT molecular complexity index is 1100. The molecule has 29 heavy (non-hydrogen) atoms. The number of ether oxygens (including phenoxy) is 1. The number of amides is 1. The first-order valence-corrected chi connectivity index (χ1v) is 9.78. The van der Waals surface area contributed by atoms with E-state index >= 15 is 0 Å². The number of oxazole rings is 1. The quantitative estimate of drug-likeness (QED) is 0.561. The number of halogens is 4. The molecule has 11 heteroatoms. The van der Waals surface area contributed by atoms with Gasteiger partial charge in [0.15, 0.2) is 10.3 Å². The fourth-order valence-corrected chi connectivity index (χ4v) is 3.78. The number of alkyl halides is 3. The molecular formula is C18H17ClF3N3O3S. The van der Waals surface area contributed by atoms with Gasteiger partial charge in [-0.15, -0.1) is 0 Å². The summed E-state index contributed by atoms with van der Waals surface area (Å²) in [6.07, 6.45) is -5.70. The molecule has 0 bridgehead atoms. The molecule has 6 nitrogen and oxygen atoms in total. The van der Waals surface area contributed by atoms with Crippen molar-refractivity contribution in [3.63, 3.8) is 0 Å². The van der Waals surface area contributed by atoms with Gasteiger partial charge >= 0.3 is 6.18 Å². The molecule has 0 saturated heterocycles. The van der Waals surface area contributed by atoms with Gasteiger partial charge in [-0.3, -0.25) is 8.75 Å². The van der Waals surface area contributed by atoms with Crippen molar-refractivity contribution in [1.29, 1.82) is 0 Å². The molecule has 0 aliphatic rings. The van der Waals surface area contributed by atoms with E-state index in [-0.39, 0.29) is 17.5 Å². The second kappa shape index (κ2) is 8.68. The lowest BCUT2D eigenvalue weighted by Crippen LogP contribution is -2.11. The summed E-state index contributed by atoms with van der Waals surface area (Å²) in [6.45, 7) is 4.54. The fraction of sp³-hybridized carbons (Fsp3) is 0.389. The average molecular weight is 448 g/mol. The largest absolute Gasteiger partial charge is 0.440 e. The van der Waals surface area contributed by atoms with Gasteiger partial charge < -0.3 is 9.15 Å². The van der Waals surface area contributed by atoms with Crippen LogP contribution in [0.4, 0.5) is 13.2 Å². The molecule has 0 unspecified atom stereocenters. The Morgan fingerprint density at radius 3 is 2.86 bits per heavy atom. The van der Waals surface area contributed by atoms with Crippen molar-refractivity contribution in [1.82, 2.24) is 8.94 Å². The highest BCUT2D eigenvalue weighted by Gasteiger charge is 2.30. The van der Waals surface area contributed by atoms with Crippen LogP contribution in [0.25, 0.3) is 11.1 Å². The fourth-order valence-electron chi connectivity index (χ4n) is 2.55. The molecule has 0 saturated carbocycles. The SMILES string of the molecule is CCOCn1sc(=NC(=O)Cc2ccc3oc(CC(F)(F)F)nc3c2)c(Cl)c1C. The molecule has 2 aromatic heterocycles. The molecule has 3 rings (SSSR count). The maximum Gasteiger partial charge on any atom is 0.397 e. The van der Waals surface area contributed by atoms with Crippen LogP contribution in [0.3, 0.4) is 0 Å². The number of aromatic nitrogens is 2. The highest BCUT2D eigenvalue weighted by Crippen LogP contribution is 2.24. The van der Waals surface area contributed by atoms with Gasteiger partial charge in [-0.05, 0) is 43.1 Å². The average Bonchev–Trinajstić information content (AvgIpc) is 3.13. The summed E-state index contributed by atoms with van der Waals surface area (Å²) in [7, 11) is 0. The second-order valence-electron chi connectivity index (χ2n) is 6.18. The molecule has 1 amide bonds. The number of carbonyl (C=O) groups is 1. The lowest BCUT2D eigenvalue weighted by molar-refractivity contribution is -0.130. The van der Waals surface area contributed by atoms with Gasteiger partial charge in [0.1, 0.15) is 18.7 Å². The Morgan fingerprint density at radius 1 is 1.41 bits per heavy atom. The predicted octanol–water partition coefficient (Wildman–Crippen LogP) is 4.42. The minimum Gasteiger partial charge on any atom is -0.440 e. The van der Waals surface area contributed by atoms with E-state index in [9.17, 15) is 18.0 Å². The smallest absolute Gasteiger partial charge is 0.397 e. The summed E-state index contributed by atoms with van der Waals surface area (Å²) in [5, 5.41) is 0.381. The zero-order valence-corrected chi connectivity index (χ0v) is 17.1. The summed E-state index contributed by atoms with van der Waals surface area (Å²) >= 11 is 7.46. The number of nitrogens with zero attached hydrogens (tertiary/aromatic N) is 3. The topological polar surface area (TPSA) is 69.6 Å². The molecule has 2 heterocycles. The molecule has 0 atom stereocenters. The van der Waals surface area contributed by atoms with Crippen LogP contribution >= 0.6 is 23.1 Å². The van der Waals surface area contributed by atoms with Crippen LogP contribution in [-0.4, -0.2) is 27.6 Å². The summed E-state index contributed by atoms with van der Waals surface area (Å²) < 4.78 is 50.1. The van der Waals surface area contributed by atoms with Crippen LogP contribution in [0.1, 0.15) is 24.1 Å². The third-order valence-corrected chi connectivity index (χ3v) is 5.55. The number of hydrogen-bond acceptors (Lipinski definition) is 5. The van der Waals surface area contributed by atoms with Gasteiger partial charge in [0.25, 0.3) is 5.91 Å². The molecular weight excluding hydrogens is 431 g/mol. The minimum absolute atomic E-state index is 0.0455. The van der Waals surface area contributed by atoms with Crippen molar-refractivity contribution >= 4 is 40.1 Å². The zero-order valence-electron chi connectivity index (χ0n) is 15.5. The van der Waals surface area contributed by atoms with E-state index in [4.69, 9.17) is 20.8 Å². The first kappa shape index (κ1) is 21.5. The molecule has 156 valence electrons. The van der Waals surface area contributed by atoms with Crippen molar-refractivity contribution in [3.05, 3.63) is 45.0 Å². The monoisotopic (exact) mass is 447 g/mol. The first-order valence-electron chi connectivity index (χ1n) is 8.63. The van der Waals surface area contributed by atoms with Crippen molar-refractivity contribution < 1.29 is 27.1 Å². The molecule has 0 radical (unpaired) electrons. The number of benzene rings is 1. The zero-order chi connectivity index (χ0) is 21.2. The summed E-state index contributed by atoms with van der Waals surface area (Å²) in [6, 6.07) is 4.60. The summed E-state index contributed by atoms with van der Waals surface area (Å²) in [4.78, 5) is 20.2. The molecule has 0 N–H and O–H groups in total. The first-order chi connectivity index (χ1) is 13.7. The van der Waals surface area contributed by atoms with Gasteiger partial charge in [-0.1, -0.05) is 17.7 Å². The maximum absolute atomic E-state index is 12.5. The highest BCUT2D eigenvalue weighted by molar-refractivity contribution is 7.04. The minimum atomic E-state index is -4.41. The number of carbonyl (C=O) groups excluding carboxylic acids is 1. The van der Waals surface area contributed by atoms with Crippen molar-refractivity contribution in [2.75, 3.05) is 6.61 Å². The van der Waals surface area contributed by atoms with Crippen molar-refractivity contribution in [3.8, 4) is 0 Å². The number of fused-ring (bicyclic) bond motifs is 1. The Labute approximate surface area is 172 Å². The maximum atomic E-state index is 12.5. The third-order valence-electron chi connectivity index (χ3n) is 3.92. The standard InChI is InChI=1S/C18H17ClF3N3O3S/c1-3-27-9-25-10(2)16(19)17(29-25)24-14(26)7-11-4-5-13-12(6-11)23-15(28-13)8-18(20,21)22/h4-6H,3,7-9H2,1-2H3. The van der Waals surface area contributed by atoms with Gasteiger partial charge in [-0.25, -0.2) is 4.98 Å². The molecule has 0 fully saturated rings. The van der Waals surface area contributed by atoms with E-state index in [0.717, 1.165) is 5.69 Å². The van der Waals surface area contributed by atoms with Crippen LogP contribution in [0, 0.1) is 6.92 Å². The van der Waals surface area contributed by atoms with E-state index in [0.29, 0.717) is 28.6 Å². The van der Waals surface area contributed by atoms with Crippen LogP contribution in [0.15, 0.2) is 27.6 Å². The number of rotatable bonds is 6. The van der Waals surface area contributed by atoms with Crippen LogP contribution < -0.4 is 4.67 Å². The summed E-state index contributed by atoms with van der Waals surface area (Å²) in [5.74, 6) is -0.851. The Morgan fingerprint density at radius 2 is 2.17 bits per heavy atom. The lowest BCUT2D eigenvalue weighted by atomic mass is 10.1. The lowest BCUT2D eigenvalue weighted by Gasteiger charge is -2.03. The van der Waals surface area contributed by atoms with E-state index < -0.39 is 24.4 Å². The van der Waals surface area contributed by atoms with Crippen LogP contribution in [0.2, 0.25) is 5.02 Å². The summed E-state index contributed by atoms with van der Waals surface area (Å²) in [5.41, 5.74) is 1.79. The van der Waals surface area contributed by atoms with Gasteiger partial charge in [-0.2, -0.15) is 18.2 Å². The van der Waals surface area contributed by atoms with Crippen LogP contribution in [0.5, 0.6) is 0 Å². The highest BCUT2D eigenvalue weighted by atomic mass is 35.5. The third kappa shape index (κ3) is 5.46. The molecule has 3 aromatic rings. The van der Waals surface area contributed by atoms with E-state index in [2.05, 4.69) is 9.98 Å². The van der Waals surface area contributed by atoms with Crippen molar-refractivity contribution in [2.24, 2.45) is 4.99 Å². The van der Waals surface area contributed by atoms with Gasteiger partial charge in [0.2, 0.25) is 5.89 Å². The van der Waals surface area contributed by atoms with Gasteiger partial charge in [0, 0.05) is 12.3 Å². The number of hydrogen-bond donors (Lipinski definition) is 0. The predicted molar refractivity (Wildman–Crippen MR) is 102 cm³/mol. The molecule has 0 spiro atoms. The molecule has 0 aliphatic heterocycles. The van der Waals surface area contributed by atoms with Crippen LogP contribution in [-0.2, 0) is 29.1 Å². The van der Waals surface area contributed by atoms with E-state index in [1.54, 1.807) is 16.9 Å². The van der Waals surface area contributed by atoms with Crippen molar-refractivity contribution in [2.45, 2.75) is 39.6 Å². The Kier molecular flexibility index (Phi) is 6.45. The molecule has 0 aliphatic carbocycles. The van der Waals surface area contributed by atoms with E-state index in [1.165, 1.54) is 23.7 Å². The second-order valence-corrected chi connectivity index (χ2v) is 7.57. The van der Waals surface area contributed by atoms with E-state index in [1.807, 2.05) is 6.92 Å².